The minimum Gasteiger partial charge on any atom is -0.267 e. The Kier molecular flexibility index (Phi) is 6.56. The molecule has 6 heteroatoms. The second kappa shape index (κ2) is 10.1. The molecule has 5 rings (SSSR count). The van der Waals surface area contributed by atoms with Crippen molar-refractivity contribution in [1.82, 2.24) is 15.4 Å². The van der Waals surface area contributed by atoms with E-state index in [2.05, 4.69) is 15.5 Å². The van der Waals surface area contributed by atoms with Gasteiger partial charge in [-0.2, -0.15) is 5.10 Å². The summed E-state index contributed by atoms with van der Waals surface area (Å²) in [6, 6.07) is 29.2. The van der Waals surface area contributed by atoms with Gasteiger partial charge in [-0.3, -0.25) is 4.79 Å². The van der Waals surface area contributed by atoms with Crippen LogP contribution < -0.4 is 5.43 Å². The Morgan fingerprint density at radius 2 is 1.47 bits per heavy atom. The fraction of sp³-hybridized carbons (Fsp3) is 0.0667. The highest BCUT2D eigenvalue weighted by Crippen LogP contribution is 2.25. The number of aromatic nitrogens is 2. The first-order chi connectivity index (χ1) is 17.5. The summed E-state index contributed by atoms with van der Waals surface area (Å²) in [7, 11) is 0. The summed E-state index contributed by atoms with van der Waals surface area (Å²) in [6.07, 6.45) is 1.51. The van der Waals surface area contributed by atoms with Crippen LogP contribution >= 0.6 is 11.6 Å². The van der Waals surface area contributed by atoms with Crippen molar-refractivity contribution in [2.45, 2.75) is 13.8 Å². The Morgan fingerprint density at radius 3 is 2.19 bits per heavy atom. The number of aryl methyl sites for hydroxylation is 2. The molecule has 0 unspecified atom stereocenters. The van der Waals surface area contributed by atoms with Gasteiger partial charge in [-0.25, -0.2) is 15.4 Å². The molecule has 2 heterocycles. The maximum atomic E-state index is 13.1. The van der Waals surface area contributed by atoms with Crippen LogP contribution in [0.5, 0.6) is 0 Å². The molecule has 0 bridgehead atoms. The first-order valence-electron chi connectivity index (χ1n) is 11.5. The van der Waals surface area contributed by atoms with Crippen LogP contribution in [-0.4, -0.2) is 22.1 Å². The number of benzene rings is 3. The summed E-state index contributed by atoms with van der Waals surface area (Å²) in [6.45, 7) is 4.05. The van der Waals surface area contributed by atoms with Gasteiger partial charge in [-0.15, -0.1) is 0 Å². The highest BCUT2D eigenvalue weighted by atomic mass is 35.5. The lowest BCUT2D eigenvalue weighted by atomic mass is 10.0. The molecule has 5 aromatic rings. The van der Waals surface area contributed by atoms with Crippen LogP contribution in [-0.2, 0) is 0 Å². The molecule has 176 valence electrons. The average molecular weight is 491 g/mol. The van der Waals surface area contributed by atoms with Gasteiger partial charge in [0.2, 0.25) is 0 Å². The first-order valence-corrected chi connectivity index (χ1v) is 11.9. The predicted molar refractivity (Wildman–Crippen MR) is 146 cm³/mol. The molecule has 0 aliphatic rings. The summed E-state index contributed by atoms with van der Waals surface area (Å²) < 4.78 is 0. The number of rotatable bonds is 5. The quantitative estimate of drug-likeness (QED) is 0.164. The normalized spacial score (nSPS) is 11.2. The van der Waals surface area contributed by atoms with E-state index in [1.807, 2.05) is 92.7 Å². The van der Waals surface area contributed by atoms with E-state index in [0.717, 1.165) is 33.2 Å². The van der Waals surface area contributed by atoms with E-state index in [1.165, 1.54) is 6.21 Å². The van der Waals surface area contributed by atoms with E-state index in [4.69, 9.17) is 16.6 Å². The molecular weight excluding hydrogens is 468 g/mol. The number of hydrogen-bond acceptors (Lipinski definition) is 4. The van der Waals surface area contributed by atoms with Crippen molar-refractivity contribution in [3.8, 4) is 22.5 Å². The minimum atomic E-state index is -0.347. The third-order valence-electron chi connectivity index (χ3n) is 5.83. The Labute approximate surface area is 214 Å². The smallest absolute Gasteiger partial charge is 0.267 e. The lowest BCUT2D eigenvalue weighted by Crippen LogP contribution is -2.18. The summed E-state index contributed by atoms with van der Waals surface area (Å²) >= 11 is 6.34. The predicted octanol–water partition coefficient (Wildman–Crippen LogP) is 7.00. The van der Waals surface area contributed by atoms with Crippen molar-refractivity contribution >= 4 is 34.6 Å². The number of carbonyl (C=O) groups is 1. The molecule has 2 aromatic heterocycles. The van der Waals surface area contributed by atoms with Crippen LogP contribution in [0.1, 0.15) is 27.0 Å². The summed E-state index contributed by atoms with van der Waals surface area (Å²) in [5, 5.41) is 5.43. The highest BCUT2D eigenvalue weighted by molar-refractivity contribution is 6.32. The third kappa shape index (κ3) is 5.16. The maximum Gasteiger partial charge on any atom is 0.271 e. The molecule has 0 fully saturated rings. The molecule has 0 spiro atoms. The zero-order valence-corrected chi connectivity index (χ0v) is 20.6. The lowest BCUT2D eigenvalue weighted by Gasteiger charge is -2.09. The SMILES string of the molecule is Cc1ccc(-c2cc(C(=O)N/N=C/c3cc4cc(C)ccc4nc3Cl)cc(-c3ccccc3)n2)cc1. The second-order valence-electron chi connectivity index (χ2n) is 8.62. The van der Waals surface area contributed by atoms with Crippen molar-refractivity contribution in [3.05, 3.63) is 118 Å². The summed E-state index contributed by atoms with van der Waals surface area (Å²) in [4.78, 5) is 22.3. The minimum absolute atomic E-state index is 0.321. The van der Waals surface area contributed by atoms with E-state index in [0.29, 0.717) is 27.7 Å². The number of hydrogen-bond donors (Lipinski definition) is 1. The van der Waals surface area contributed by atoms with Crippen LogP contribution in [0.4, 0.5) is 0 Å². The zero-order chi connectivity index (χ0) is 25.1. The standard InChI is InChI=1S/C30H23ClN4O/c1-19-8-11-22(12-9-19)28-17-24(16-27(33-28)21-6-4-3-5-7-21)30(36)35-32-18-25-15-23-14-20(2)10-13-26(23)34-29(25)31/h3-18H,1-2H3,(H,35,36)/b32-18+. The highest BCUT2D eigenvalue weighted by Gasteiger charge is 2.12. The van der Waals surface area contributed by atoms with Crippen molar-refractivity contribution < 1.29 is 4.79 Å². The number of nitrogens with one attached hydrogen (secondary N) is 1. The van der Waals surface area contributed by atoms with Crippen LogP contribution in [0.3, 0.4) is 0 Å². The number of amides is 1. The van der Waals surface area contributed by atoms with Gasteiger partial charge in [-0.1, -0.05) is 83.4 Å². The van der Waals surface area contributed by atoms with E-state index in [-0.39, 0.29) is 5.91 Å². The Hall–Kier alpha value is -4.35. The van der Waals surface area contributed by atoms with Crippen LogP contribution in [0.15, 0.2) is 96.1 Å². The topological polar surface area (TPSA) is 67.2 Å². The van der Waals surface area contributed by atoms with Gasteiger partial charge in [0.15, 0.2) is 0 Å². The Bertz CT molecular complexity index is 1600. The molecule has 36 heavy (non-hydrogen) atoms. The molecule has 0 aliphatic heterocycles. The van der Waals surface area contributed by atoms with Crippen molar-refractivity contribution in [3.63, 3.8) is 0 Å². The van der Waals surface area contributed by atoms with Crippen LogP contribution in [0.25, 0.3) is 33.4 Å². The first kappa shape index (κ1) is 23.4. The van der Waals surface area contributed by atoms with Crippen LogP contribution in [0.2, 0.25) is 5.15 Å². The van der Waals surface area contributed by atoms with Crippen molar-refractivity contribution in [1.29, 1.82) is 0 Å². The fourth-order valence-corrected chi connectivity index (χ4v) is 4.09. The number of pyridine rings is 2. The van der Waals surface area contributed by atoms with Gasteiger partial charge in [0.25, 0.3) is 5.91 Å². The van der Waals surface area contributed by atoms with E-state index in [1.54, 1.807) is 12.1 Å². The molecule has 0 saturated carbocycles. The molecule has 3 aromatic carbocycles. The molecule has 1 amide bonds. The van der Waals surface area contributed by atoms with Gasteiger partial charge < -0.3 is 0 Å². The zero-order valence-electron chi connectivity index (χ0n) is 19.9. The maximum absolute atomic E-state index is 13.1. The van der Waals surface area contributed by atoms with Crippen molar-refractivity contribution in [2.75, 3.05) is 0 Å². The molecule has 0 atom stereocenters. The van der Waals surface area contributed by atoms with Gasteiger partial charge in [0.05, 0.1) is 23.1 Å². The molecule has 0 radical (unpaired) electrons. The summed E-state index contributed by atoms with van der Waals surface area (Å²) in [5.41, 5.74) is 10.1. The molecule has 1 N–H and O–H groups in total. The molecule has 5 nitrogen and oxygen atoms in total. The Balaban J connectivity index is 1.45. The van der Waals surface area contributed by atoms with Gasteiger partial charge in [0.1, 0.15) is 5.15 Å². The average Bonchev–Trinajstić information content (AvgIpc) is 2.90. The monoisotopic (exact) mass is 490 g/mol. The fourth-order valence-electron chi connectivity index (χ4n) is 3.89. The lowest BCUT2D eigenvalue weighted by molar-refractivity contribution is 0.0955. The van der Waals surface area contributed by atoms with E-state index >= 15 is 0 Å². The molecular formula is C30H23ClN4O. The summed E-state index contributed by atoms with van der Waals surface area (Å²) in [5.74, 6) is -0.347. The van der Waals surface area contributed by atoms with E-state index < -0.39 is 0 Å². The van der Waals surface area contributed by atoms with E-state index in [9.17, 15) is 4.79 Å². The number of fused-ring (bicyclic) bond motifs is 1. The van der Waals surface area contributed by atoms with Crippen molar-refractivity contribution in [2.24, 2.45) is 5.10 Å². The number of nitrogens with zero attached hydrogens (tertiary/aromatic N) is 3. The number of carbonyl (C=O) groups excluding carboxylic acids is 1. The van der Waals surface area contributed by atoms with Gasteiger partial charge in [-0.05, 0) is 44.2 Å². The van der Waals surface area contributed by atoms with Gasteiger partial charge in [0, 0.05) is 27.6 Å². The largest absolute Gasteiger partial charge is 0.271 e. The second-order valence-corrected chi connectivity index (χ2v) is 8.98. The Morgan fingerprint density at radius 1 is 0.806 bits per heavy atom. The number of halogens is 1. The molecule has 0 saturated heterocycles. The third-order valence-corrected chi connectivity index (χ3v) is 6.13. The van der Waals surface area contributed by atoms with Gasteiger partial charge >= 0.3 is 0 Å². The molecule has 0 aliphatic carbocycles. The van der Waals surface area contributed by atoms with Crippen LogP contribution in [0, 0.1) is 13.8 Å². The number of hydrazone groups is 1.